The van der Waals surface area contributed by atoms with Crippen molar-refractivity contribution >= 4 is 23.5 Å². The third-order valence-corrected chi connectivity index (χ3v) is 6.55. The van der Waals surface area contributed by atoms with E-state index in [2.05, 4.69) is 26.0 Å². The zero-order chi connectivity index (χ0) is 13.7. The van der Waals surface area contributed by atoms with E-state index >= 15 is 0 Å². The summed E-state index contributed by atoms with van der Waals surface area (Å²) in [6.45, 7) is 5.17. The molecule has 0 aromatic heterocycles. The van der Waals surface area contributed by atoms with Gasteiger partial charge in [-0.25, -0.2) is 0 Å². The van der Waals surface area contributed by atoms with Crippen LogP contribution >= 0.6 is 23.5 Å². The van der Waals surface area contributed by atoms with Gasteiger partial charge in [-0.3, -0.25) is 0 Å². The number of nitrogens with two attached hydrogens (primary N) is 1. The lowest BCUT2D eigenvalue weighted by atomic mass is 10.0. The predicted molar refractivity (Wildman–Crippen MR) is 87.3 cm³/mol. The summed E-state index contributed by atoms with van der Waals surface area (Å²) in [4.78, 5) is 0. The summed E-state index contributed by atoms with van der Waals surface area (Å²) in [6.07, 6.45) is 1.02. The van der Waals surface area contributed by atoms with Crippen LogP contribution in [-0.2, 0) is 0 Å². The van der Waals surface area contributed by atoms with Crippen molar-refractivity contribution in [1.29, 1.82) is 0 Å². The predicted octanol–water partition coefficient (Wildman–Crippen LogP) is 3.71. The summed E-state index contributed by atoms with van der Waals surface area (Å²) < 4.78 is 5.84. The molecule has 0 spiro atoms. The zero-order valence-corrected chi connectivity index (χ0v) is 13.3. The van der Waals surface area contributed by atoms with Crippen molar-refractivity contribution in [2.45, 2.75) is 36.8 Å². The highest BCUT2D eigenvalue weighted by molar-refractivity contribution is 8.07. The first-order valence-electron chi connectivity index (χ1n) is 6.94. The fourth-order valence-corrected chi connectivity index (χ4v) is 5.19. The molecule has 1 fully saturated rings. The molecule has 1 aliphatic heterocycles. The molecule has 0 aliphatic carbocycles. The largest absolute Gasteiger partial charge is 0.493 e. The molecule has 2 rings (SSSR count). The van der Waals surface area contributed by atoms with Crippen LogP contribution in [0.15, 0.2) is 24.3 Å². The summed E-state index contributed by atoms with van der Waals surface area (Å²) in [5.41, 5.74) is 7.67. The summed E-state index contributed by atoms with van der Waals surface area (Å²) in [5, 5.41) is 1.08. The molecule has 3 atom stereocenters. The fraction of sp³-hybridized carbons (Fsp3) is 0.600. The minimum Gasteiger partial charge on any atom is -0.493 e. The molecule has 1 aromatic rings. The van der Waals surface area contributed by atoms with Gasteiger partial charge in [0.2, 0.25) is 0 Å². The number of ether oxygens (including phenoxy) is 1. The van der Waals surface area contributed by atoms with Crippen LogP contribution in [-0.4, -0.2) is 28.6 Å². The van der Waals surface area contributed by atoms with E-state index in [-0.39, 0.29) is 6.04 Å². The maximum absolute atomic E-state index is 6.52. The average Bonchev–Trinajstić information content (AvgIpc) is 2.45. The van der Waals surface area contributed by atoms with Crippen LogP contribution in [0.5, 0.6) is 5.75 Å². The van der Waals surface area contributed by atoms with E-state index in [1.54, 1.807) is 0 Å². The molecule has 2 nitrogen and oxygen atoms in total. The molecule has 0 amide bonds. The molecule has 1 saturated heterocycles. The molecule has 106 valence electrons. The molecular weight excluding hydrogens is 274 g/mol. The van der Waals surface area contributed by atoms with Crippen molar-refractivity contribution in [3.05, 3.63) is 29.8 Å². The van der Waals surface area contributed by atoms with E-state index < -0.39 is 0 Å². The van der Waals surface area contributed by atoms with Crippen molar-refractivity contribution < 1.29 is 4.74 Å². The lowest BCUT2D eigenvalue weighted by Crippen LogP contribution is -2.34. The smallest absolute Gasteiger partial charge is 0.124 e. The van der Waals surface area contributed by atoms with E-state index in [1.807, 2.05) is 35.7 Å². The van der Waals surface area contributed by atoms with Crippen molar-refractivity contribution in [3.63, 3.8) is 0 Å². The molecule has 3 unspecified atom stereocenters. The van der Waals surface area contributed by atoms with E-state index in [9.17, 15) is 0 Å². The van der Waals surface area contributed by atoms with Crippen molar-refractivity contribution in [2.75, 3.05) is 18.1 Å². The number of para-hydroxylation sites is 1. The molecule has 0 saturated carbocycles. The Kier molecular flexibility index (Phi) is 5.92. The Morgan fingerprint density at radius 3 is 2.79 bits per heavy atom. The lowest BCUT2D eigenvalue weighted by molar-refractivity contribution is 0.312. The first-order valence-corrected chi connectivity index (χ1v) is 9.04. The quantitative estimate of drug-likeness (QED) is 0.898. The minimum absolute atomic E-state index is 0.0563. The molecule has 4 heteroatoms. The van der Waals surface area contributed by atoms with Gasteiger partial charge in [0.05, 0.1) is 6.61 Å². The first kappa shape index (κ1) is 15.1. The van der Waals surface area contributed by atoms with Gasteiger partial charge in [0.15, 0.2) is 0 Å². The maximum Gasteiger partial charge on any atom is 0.124 e. The lowest BCUT2D eigenvalue weighted by Gasteiger charge is -2.33. The van der Waals surface area contributed by atoms with E-state index in [0.717, 1.165) is 24.3 Å². The maximum atomic E-state index is 6.52. The van der Waals surface area contributed by atoms with Crippen molar-refractivity contribution in [1.82, 2.24) is 0 Å². The monoisotopic (exact) mass is 297 g/mol. The number of rotatable bonds is 5. The zero-order valence-electron chi connectivity index (χ0n) is 11.7. The van der Waals surface area contributed by atoms with Crippen LogP contribution in [0.25, 0.3) is 0 Å². The van der Waals surface area contributed by atoms with Gasteiger partial charge >= 0.3 is 0 Å². The second-order valence-corrected chi connectivity index (χ2v) is 7.59. The van der Waals surface area contributed by atoms with Crippen LogP contribution in [0.2, 0.25) is 0 Å². The molecule has 1 heterocycles. The van der Waals surface area contributed by atoms with Gasteiger partial charge < -0.3 is 10.5 Å². The van der Waals surface area contributed by atoms with Crippen molar-refractivity contribution in [3.8, 4) is 5.75 Å². The number of thioether (sulfide) groups is 2. The van der Waals surface area contributed by atoms with Crippen molar-refractivity contribution in [2.24, 2.45) is 5.73 Å². The summed E-state index contributed by atoms with van der Waals surface area (Å²) in [5.74, 6) is 3.40. The van der Waals surface area contributed by atoms with E-state index in [0.29, 0.717) is 10.5 Å². The van der Waals surface area contributed by atoms with Gasteiger partial charge in [-0.2, -0.15) is 23.5 Å². The molecule has 19 heavy (non-hydrogen) atoms. The molecule has 2 N–H and O–H groups in total. The number of hydrogen-bond donors (Lipinski definition) is 1. The summed E-state index contributed by atoms with van der Waals surface area (Å²) in [7, 11) is 0. The standard InChI is InChI=1S/C15H23NOS2/c1-3-8-17-13-7-5-4-6-12(13)14(16)15-11(2)18-9-10-19-15/h4-7,11,14-15H,3,8-10,16H2,1-2H3. The van der Waals surface area contributed by atoms with Gasteiger partial charge in [0.1, 0.15) is 5.75 Å². The van der Waals surface area contributed by atoms with Gasteiger partial charge in [-0.15, -0.1) is 0 Å². The Bertz CT molecular complexity index is 399. The summed E-state index contributed by atoms with van der Waals surface area (Å²) >= 11 is 4.04. The van der Waals surface area contributed by atoms with Crippen LogP contribution in [0.3, 0.4) is 0 Å². The van der Waals surface area contributed by atoms with Crippen LogP contribution in [0.1, 0.15) is 31.9 Å². The highest BCUT2D eigenvalue weighted by Gasteiger charge is 2.30. The van der Waals surface area contributed by atoms with E-state index in [4.69, 9.17) is 10.5 Å². The second kappa shape index (κ2) is 7.46. The Labute approximate surface area is 124 Å². The third-order valence-electron chi connectivity index (χ3n) is 3.33. The second-order valence-electron chi connectivity index (χ2n) is 4.82. The van der Waals surface area contributed by atoms with Crippen LogP contribution in [0.4, 0.5) is 0 Å². The Morgan fingerprint density at radius 2 is 2.05 bits per heavy atom. The SMILES string of the molecule is CCCOc1ccccc1C(N)C1SCCSC1C. The van der Waals surface area contributed by atoms with Gasteiger partial charge in [-0.05, 0) is 12.5 Å². The van der Waals surface area contributed by atoms with Crippen LogP contribution < -0.4 is 10.5 Å². The topological polar surface area (TPSA) is 35.2 Å². The minimum atomic E-state index is 0.0563. The summed E-state index contributed by atoms with van der Waals surface area (Å²) in [6, 6.07) is 8.28. The molecule has 1 aromatic carbocycles. The first-order chi connectivity index (χ1) is 9.24. The molecule has 0 bridgehead atoms. The number of hydrogen-bond acceptors (Lipinski definition) is 4. The Hall–Kier alpha value is -0.320. The highest BCUT2D eigenvalue weighted by atomic mass is 32.2. The number of benzene rings is 1. The molecular formula is C15H23NOS2. The van der Waals surface area contributed by atoms with Gasteiger partial charge in [0, 0.05) is 33.6 Å². The highest BCUT2D eigenvalue weighted by Crippen LogP contribution is 2.39. The van der Waals surface area contributed by atoms with Gasteiger partial charge in [-0.1, -0.05) is 32.0 Å². The molecule has 1 aliphatic rings. The third kappa shape index (κ3) is 3.83. The Balaban J connectivity index is 2.15. The van der Waals surface area contributed by atoms with Crippen LogP contribution in [0, 0.1) is 0 Å². The van der Waals surface area contributed by atoms with Gasteiger partial charge in [0.25, 0.3) is 0 Å². The average molecular weight is 297 g/mol. The molecule has 0 radical (unpaired) electrons. The normalized spacial score (nSPS) is 25.0. The van der Waals surface area contributed by atoms with E-state index in [1.165, 1.54) is 11.5 Å². The fourth-order valence-electron chi connectivity index (χ4n) is 2.32. The Morgan fingerprint density at radius 1 is 1.32 bits per heavy atom.